The lowest BCUT2D eigenvalue weighted by molar-refractivity contribution is -0.140. The third-order valence-corrected chi connectivity index (χ3v) is 3.32. The number of carbonyl (C=O) groups excluding carboxylic acids is 2. The molecule has 130 valence electrons. The van der Waals surface area contributed by atoms with Gasteiger partial charge in [-0.25, -0.2) is 10.2 Å². The number of carbonyl (C=O) groups is 3. The van der Waals surface area contributed by atoms with E-state index in [0.29, 0.717) is 18.4 Å². The molecule has 2 N–H and O–H groups in total. The van der Waals surface area contributed by atoms with Gasteiger partial charge in [-0.2, -0.15) is 5.10 Å². The summed E-state index contributed by atoms with van der Waals surface area (Å²) in [4.78, 5) is 33.2. The maximum absolute atomic E-state index is 11.6. The highest BCUT2D eigenvalue weighted by molar-refractivity contribution is 5.89. The van der Waals surface area contributed by atoms with Crippen LogP contribution >= 0.6 is 0 Å². The average molecular weight is 334 g/mol. The van der Waals surface area contributed by atoms with Crippen molar-refractivity contribution in [2.45, 2.75) is 38.5 Å². The lowest BCUT2D eigenvalue weighted by Gasteiger charge is -2.01. The Balaban J connectivity index is 2.17. The van der Waals surface area contributed by atoms with E-state index in [1.807, 2.05) is 0 Å². The first-order chi connectivity index (χ1) is 11.5. The second-order valence-corrected chi connectivity index (χ2v) is 5.21. The minimum absolute atomic E-state index is 0.179. The first-order valence-corrected chi connectivity index (χ1v) is 7.75. The van der Waals surface area contributed by atoms with E-state index in [-0.39, 0.29) is 17.4 Å². The van der Waals surface area contributed by atoms with Crippen molar-refractivity contribution >= 4 is 24.1 Å². The number of hydrogen-bond acceptors (Lipinski definition) is 5. The Hall–Kier alpha value is -2.70. The Labute approximate surface area is 140 Å². The summed E-state index contributed by atoms with van der Waals surface area (Å²) in [5.74, 6) is -1.38. The van der Waals surface area contributed by atoms with Crippen LogP contribution in [-0.4, -0.2) is 36.3 Å². The zero-order valence-corrected chi connectivity index (χ0v) is 13.7. The van der Waals surface area contributed by atoms with Gasteiger partial charge in [0.1, 0.15) is 0 Å². The summed E-state index contributed by atoms with van der Waals surface area (Å²) in [7, 11) is 1.37. The zero-order chi connectivity index (χ0) is 17.8. The molecule has 0 spiro atoms. The van der Waals surface area contributed by atoms with E-state index < -0.39 is 5.97 Å². The number of hydrazone groups is 1. The van der Waals surface area contributed by atoms with Crippen LogP contribution in [0.3, 0.4) is 0 Å². The Bertz CT molecular complexity index is 581. The molecule has 7 nitrogen and oxygen atoms in total. The maximum Gasteiger partial charge on any atom is 0.335 e. The number of ether oxygens (including phenoxy) is 1. The minimum Gasteiger partial charge on any atom is -0.478 e. The van der Waals surface area contributed by atoms with Crippen LogP contribution in [0.4, 0.5) is 0 Å². The second-order valence-electron chi connectivity index (χ2n) is 5.21. The maximum atomic E-state index is 11.6. The van der Waals surface area contributed by atoms with E-state index in [1.165, 1.54) is 25.5 Å². The molecule has 0 bridgehead atoms. The number of amides is 1. The summed E-state index contributed by atoms with van der Waals surface area (Å²) in [6.45, 7) is 0. The first-order valence-electron chi connectivity index (χ1n) is 7.75. The lowest BCUT2D eigenvalue weighted by Crippen LogP contribution is -2.16. The number of benzene rings is 1. The van der Waals surface area contributed by atoms with E-state index in [0.717, 1.165) is 25.7 Å². The highest BCUT2D eigenvalue weighted by Gasteiger charge is 2.02. The van der Waals surface area contributed by atoms with Crippen molar-refractivity contribution in [2.24, 2.45) is 5.10 Å². The molecular formula is C17H22N2O5. The first kappa shape index (κ1) is 19.3. The molecule has 0 aromatic heterocycles. The average Bonchev–Trinajstić information content (AvgIpc) is 2.58. The number of carboxylic acid groups (broad SMARTS) is 1. The number of rotatable bonds is 10. The summed E-state index contributed by atoms with van der Waals surface area (Å²) in [6, 6.07) is 6.17. The van der Waals surface area contributed by atoms with Gasteiger partial charge in [0, 0.05) is 12.8 Å². The number of hydrogen-bond donors (Lipinski definition) is 2. The minimum atomic E-state index is -0.988. The van der Waals surface area contributed by atoms with Crippen LogP contribution in [0.1, 0.15) is 54.4 Å². The number of esters is 1. The molecule has 0 atom stereocenters. The van der Waals surface area contributed by atoms with Gasteiger partial charge in [0.2, 0.25) is 5.91 Å². The molecular weight excluding hydrogens is 312 g/mol. The lowest BCUT2D eigenvalue weighted by atomic mass is 10.1. The molecule has 0 aliphatic heterocycles. The van der Waals surface area contributed by atoms with Gasteiger partial charge in [-0.15, -0.1) is 0 Å². The number of aromatic carboxylic acids is 1. The van der Waals surface area contributed by atoms with Gasteiger partial charge in [0.15, 0.2) is 0 Å². The SMILES string of the molecule is COC(=O)CCCCCCC(=O)N/N=C/c1ccc(C(=O)O)cc1. The van der Waals surface area contributed by atoms with Crippen LogP contribution in [-0.2, 0) is 14.3 Å². The summed E-state index contributed by atoms with van der Waals surface area (Å²) < 4.78 is 4.55. The van der Waals surface area contributed by atoms with Crippen molar-refractivity contribution in [3.8, 4) is 0 Å². The highest BCUT2D eigenvalue weighted by atomic mass is 16.5. The third-order valence-electron chi connectivity index (χ3n) is 3.32. The van der Waals surface area contributed by atoms with E-state index in [1.54, 1.807) is 12.1 Å². The van der Waals surface area contributed by atoms with Gasteiger partial charge >= 0.3 is 11.9 Å². The number of nitrogens with zero attached hydrogens (tertiary/aromatic N) is 1. The van der Waals surface area contributed by atoms with Gasteiger partial charge in [-0.05, 0) is 30.5 Å². The Morgan fingerprint density at radius 2 is 1.71 bits per heavy atom. The third kappa shape index (κ3) is 8.07. The molecule has 1 rings (SSSR count). The van der Waals surface area contributed by atoms with Crippen LogP contribution in [0.2, 0.25) is 0 Å². The summed E-state index contributed by atoms with van der Waals surface area (Å²) in [5.41, 5.74) is 3.32. The van der Waals surface area contributed by atoms with E-state index in [9.17, 15) is 14.4 Å². The predicted octanol–water partition coefficient (Wildman–Crippen LogP) is 2.35. The van der Waals surface area contributed by atoms with Crippen LogP contribution in [0, 0.1) is 0 Å². The molecule has 0 saturated heterocycles. The fraction of sp³-hybridized carbons (Fsp3) is 0.412. The van der Waals surface area contributed by atoms with E-state index in [2.05, 4.69) is 15.3 Å². The summed E-state index contributed by atoms with van der Waals surface area (Å²) in [6.07, 6.45) is 5.47. The van der Waals surface area contributed by atoms with Gasteiger partial charge in [0.05, 0.1) is 18.9 Å². The second kappa shape index (κ2) is 10.9. The van der Waals surface area contributed by atoms with Gasteiger partial charge in [0.25, 0.3) is 0 Å². The quantitative estimate of drug-likeness (QED) is 0.296. The number of carboxylic acids is 1. The molecule has 1 amide bonds. The Morgan fingerprint density at radius 3 is 2.29 bits per heavy atom. The number of unbranched alkanes of at least 4 members (excludes halogenated alkanes) is 3. The molecule has 0 fully saturated rings. The van der Waals surface area contributed by atoms with E-state index in [4.69, 9.17) is 5.11 Å². The van der Waals surface area contributed by atoms with Gasteiger partial charge in [-0.3, -0.25) is 9.59 Å². The van der Waals surface area contributed by atoms with Crippen LogP contribution in [0.5, 0.6) is 0 Å². The topological polar surface area (TPSA) is 105 Å². The molecule has 0 aliphatic rings. The van der Waals surface area contributed by atoms with Crippen molar-refractivity contribution in [2.75, 3.05) is 7.11 Å². The van der Waals surface area contributed by atoms with Crippen LogP contribution in [0.25, 0.3) is 0 Å². The fourth-order valence-corrected chi connectivity index (χ4v) is 1.96. The van der Waals surface area contributed by atoms with Crippen molar-refractivity contribution in [1.29, 1.82) is 0 Å². The van der Waals surface area contributed by atoms with Gasteiger partial charge in [-0.1, -0.05) is 25.0 Å². The van der Waals surface area contributed by atoms with Crippen molar-refractivity contribution in [3.63, 3.8) is 0 Å². The van der Waals surface area contributed by atoms with Gasteiger partial charge < -0.3 is 9.84 Å². The molecule has 1 aromatic rings. The monoisotopic (exact) mass is 334 g/mol. The summed E-state index contributed by atoms with van der Waals surface area (Å²) >= 11 is 0. The fourth-order valence-electron chi connectivity index (χ4n) is 1.96. The normalized spacial score (nSPS) is 10.5. The zero-order valence-electron chi connectivity index (χ0n) is 13.7. The molecule has 0 unspecified atom stereocenters. The molecule has 0 aliphatic carbocycles. The molecule has 0 saturated carbocycles. The Morgan fingerprint density at radius 1 is 1.08 bits per heavy atom. The molecule has 0 heterocycles. The van der Waals surface area contributed by atoms with E-state index >= 15 is 0 Å². The smallest absolute Gasteiger partial charge is 0.335 e. The predicted molar refractivity (Wildman–Crippen MR) is 88.9 cm³/mol. The molecule has 24 heavy (non-hydrogen) atoms. The molecule has 0 radical (unpaired) electrons. The van der Waals surface area contributed by atoms with Crippen molar-refractivity contribution < 1.29 is 24.2 Å². The van der Waals surface area contributed by atoms with Crippen LogP contribution in [0.15, 0.2) is 29.4 Å². The van der Waals surface area contributed by atoms with Crippen molar-refractivity contribution in [3.05, 3.63) is 35.4 Å². The Kier molecular flexibility index (Phi) is 8.81. The standard InChI is InChI=1S/C17H22N2O5/c1-24-16(21)7-5-3-2-4-6-15(20)19-18-12-13-8-10-14(11-9-13)17(22)23/h8-12H,2-7H2,1H3,(H,19,20)(H,22,23)/b18-12+. The highest BCUT2D eigenvalue weighted by Crippen LogP contribution is 2.06. The number of methoxy groups -OCH3 is 1. The number of nitrogens with one attached hydrogen (secondary N) is 1. The van der Waals surface area contributed by atoms with Crippen LogP contribution < -0.4 is 5.43 Å². The molecule has 1 aromatic carbocycles. The van der Waals surface area contributed by atoms with Crippen molar-refractivity contribution in [1.82, 2.24) is 5.43 Å². The largest absolute Gasteiger partial charge is 0.478 e. The molecule has 7 heteroatoms. The summed E-state index contributed by atoms with van der Waals surface area (Å²) in [5, 5.41) is 12.6.